The molecule has 1 aliphatic rings. The molecule has 0 radical (unpaired) electrons. The predicted molar refractivity (Wildman–Crippen MR) is 60.4 cm³/mol. The molecule has 82 valence electrons. The summed E-state index contributed by atoms with van der Waals surface area (Å²) in [5.41, 5.74) is 1.95. The highest BCUT2D eigenvalue weighted by Gasteiger charge is 2.24. The van der Waals surface area contributed by atoms with Gasteiger partial charge in [-0.3, -0.25) is 0 Å². The van der Waals surface area contributed by atoms with Crippen LogP contribution in [0.25, 0.3) is 0 Å². The molecule has 0 amide bonds. The number of fused-ring (bicyclic) bond motifs is 1. The van der Waals surface area contributed by atoms with Crippen molar-refractivity contribution >= 4 is 17.3 Å². The Kier molecular flexibility index (Phi) is 3.07. The lowest BCUT2D eigenvalue weighted by atomic mass is 10.0. The van der Waals surface area contributed by atoms with Crippen LogP contribution in [0.2, 0.25) is 0 Å². The van der Waals surface area contributed by atoms with E-state index in [-0.39, 0.29) is 5.97 Å². The van der Waals surface area contributed by atoms with Gasteiger partial charge in [-0.05, 0) is 32.4 Å². The Morgan fingerprint density at radius 2 is 2.53 bits per heavy atom. The Hall–Kier alpha value is -0.870. The van der Waals surface area contributed by atoms with Gasteiger partial charge in [0.05, 0.1) is 12.2 Å². The Bertz CT molecular complexity index is 373. The van der Waals surface area contributed by atoms with Gasteiger partial charge >= 0.3 is 5.97 Å². The molecule has 0 bridgehead atoms. The molecule has 0 spiro atoms. The van der Waals surface area contributed by atoms with Crippen molar-refractivity contribution in [2.24, 2.45) is 0 Å². The lowest BCUT2D eigenvalue weighted by Gasteiger charge is -2.20. The van der Waals surface area contributed by atoms with E-state index in [1.807, 2.05) is 12.3 Å². The fourth-order valence-corrected chi connectivity index (χ4v) is 3.03. The van der Waals surface area contributed by atoms with Gasteiger partial charge in [-0.2, -0.15) is 0 Å². The smallest absolute Gasteiger partial charge is 0.339 e. The number of rotatable bonds is 2. The molecule has 1 atom stereocenters. The third-order valence-electron chi connectivity index (χ3n) is 2.64. The van der Waals surface area contributed by atoms with Gasteiger partial charge in [0, 0.05) is 16.3 Å². The van der Waals surface area contributed by atoms with Gasteiger partial charge in [0.2, 0.25) is 0 Å². The monoisotopic (exact) mass is 225 g/mol. The standard InChI is InChI=1S/C11H15NO2S/c1-3-14-11(13)9-6-15-10-7(2)12-5-4-8(9)10/h6-7,12H,3-5H2,1-2H3/t7-/m1/s1. The van der Waals surface area contributed by atoms with E-state index >= 15 is 0 Å². The number of hydrogen-bond acceptors (Lipinski definition) is 4. The molecular weight excluding hydrogens is 210 g/mol. The highest BCUT2D eigenvalue weighted by molar-refractivity contribution is 7.10. The highest BCUT2D eigenvalue weighted by atomic mass is 32.1. The van der Waals surface area contributed by atoms with Crippen molar-refractivity contribution in [3.8, 4) is 0 Å². The van der Waals surface area contributed by atoms with E-state index in [0.29, 0.717) is 12.6 Å². The van der Waals surface area contributed by atoms with Crippen LogP contribution in [0.5, 0.6) is 0 Å². The molecular formula is C11H15NO2S. The average Bonchev–Trinajstić information content (AvgIpc) is 2.63. The number of ether oxygens (including phenoxy) is 1. The number of nitrogens with one attached hydrogen (secondary N) is 1. The zero-order chi connectivity index (χ0) is 10.8. The van der Waals surface area contributed by atoms with Crippen LogP contribution in [0.3, 0.4) is 0 Å². The Labute approximate surface area is 93.4 Å². The first-order valence-electron chi connectivity index (χ1n) is 5.24. The summed E-state index contributed by atoms with van der Waals surface area (Å²) in [7, 11) is 0. The molecule has 15 heavy (non-hydrogen) atoms. The summed E-state index contributed by atoms with van der Waals surface area (Å²) in [5, 5.41) is 5.30. The minimum atomic E-state index is -0.177. The van der Waals surface area contributed by atoms with Gasteiger partial charge in [0.15, 0.2) is 0 Å². The maximum atomic E-state index is 11.6. The van der Waals surface area contributed by atoms with E-state index in [4.69, 9.17) is 4.74 Å². The first-order valence-corrected chi connectivity index (χ1v) is 6.12. The van der Waals surface area contributed by atoms with Crippen LogP contribution >= 0.6 is 11.3 Å². The molecule has 0 saturated heterocycles. The van der Waals surface area contributed by atoms with Gasteiger partial charge in [-0.1, -0.05) is 0 Å². The minimum Gasteiger partial charge on any atom is -0.462 e. The molecule has 1 N–H and O–H groups in total. The van der Waals surface area contributed by atoms with Crippen molar-refractivity contribution in [3.63, 3.8) is 0 Å². The van der Waals surface area contributed by atoms with Crippen LogP contribution in [0.15, 0.2) is 5.38 Å². The Morgan fingerprint density at radius 1 is 1.73 bits per heavy atom. The van der Waals surface area contributed by atoms with Crippen molar-refractivity contribution in [1.82, 2.24) is 5.32 Å². The number of thiophene rings is 1. The second kappa shape index (κ2) is 4.33. The molecule has 1 aliphatic heterocycles. The maximum absolute atomic E-state index is 11.6. The first kappa shape index (κ1) is 10.6. The van der Waals surface area contributed by atoms with Gasteiger partial charge in [-0.15, -0.1) is 11.3 Å². The second-order valence-corrected chi connectivity index (χ2v) is 4.55. The molecule has 0 aromatic carbocycles. The van der Waals surface area contributed by atoms with E-state index in [2.05, 4.69) is 12.2 Å². The Balaban J connectivity index is 2.30. The topological polar surface area (TPSA) is 38.3 Å². The van der Waals surface area contributed by atoms with Crippen LogP contribution in [-0.2, 0) is 11.2 Å². The molecule has 2 heterocycles. The predicted octanol–water partition coefficient (Wildman–Crippen LogP) is 2.13. The van der Waals surface area contributed by atoms with E-state index in [1.54, 1.807) is 11.3 Å². The van der Waals surface area contributed by atoms with Crippen LogP contribution in [0.4, 0.5) is 0 Å². The lowest BCUT2D eigenvalue weighted by Crippen LogP contribution is -2.27. The van der Waals surface area contributed by atoms with Crippen molar-refractivity contribution in [1.29, 1.82) is 0 Å². The van der Waals surface area contributed by atoms with Crippen LogP contribution in [0.1, 0.15) is 40.7 Å². The van der Waals surface area contributed by atoms with Crippen LogP contribution in [-0.4, -0.2) is 19.1 Å². The lowest BCUT2D eigenvalue weighted by molar-refractivity contribution is 0.0525. The summed E-state index contributed by atoms with van der Waals surface area (Å²) in [5.74, 6) is -0.177. The highest BCUT2D eigenvalue weighted by Crippen LogP contribution is 2.31. The largest absolute Gasteiger partial charge is 0.462 e. The molecule has 2 rings (SSSR count). The summed E-state index contributed by atoms with van der Waals surface area (Å²) in [6.45, 7) is 5.35. The zero-order valence-corrected chi connectivity index (χ0v) is 9.82. The summed E-state index contributed by atoms with van der Waals surface area (Å²) >= 11 is 1.65. The quantitative estimate of drug-likeness (QED) is 0.784. The number of hydrogen-bond donors (Lipinski definition) is 1. The van der Waals surface area contributed by atoms with E-state index in [1.165, 1.54) is 10.4 Å². The van der Waals surface area contributed by atoms with Gasteiger partial charge in [-0.25, -0.2) is 4.79 Å². The van der Waals surface area contributed by atoms with E-state index < -0.39 is 0 Å². The van der Waals surface area contributed by atoms with E-state index in [0.717, 1.165) is 18.5 Å². The number of carbonyl (C=O) groups excluding carboxylic acids is 1. The van der Waals surface area contributed by atoms with Crippen LogP contribution in [0, 0.1) is 0 Å². The fraction of sp³-hybridized carbons (Fsp3) is 0.545. The average molecular weight is 225 g/mol. The zero-order valence-electron chi connectivity index (χ0n) is 9.00. The number of esters is 1. The van der Waals surface area contributed by atoms with Crippen LogP contribution < -0.4 is 5.32 Å². The van der Waals surface area contributed by atoms with Gasteiger partial charge in [0.1, 0.15) is 0 Å². The first-order chi connectivity index (χ1) is 7.24. The third-order valence-corrected chi connectivity index (χ3v) is 3.85. The van der Waals surface area contributed by atoms with Crippen molar-refractivity contribution in [3.05, 3.63) is 21.4 Å². The number of carbonyl (C=O) groups is 1. The molecule has 1 aromatic rings. The minimum absolute atomic E-state index is 0.177. The van der Waals surface area contributed by atoms with Gasteiger partial charge < -0.3 is 10.1 Å². The van der Waals surface area contributed by atoms with Crippen molar-refractivity contribution < 1.29 is 9.53 Å². The third kappa shape index (κ3) is 1.92. The van der Waals surface area contributed by atoms with E-state index in [9.17, 15) is 4.79 Å². The molecule has 0 unspecified atom stereocenters. The summed E-state index contributed by atoms with van der Waals surface area (Å²) in [6.07, 6.45) is 0.928. The molecule has 0 saturated carbocycles. The fourth-order valence-electron chi connectivity index (χ4n) is 1.91. The summed E-state index contributed by atoms with van der Waals surface area (Å²) in [4.78, 5) is 12.9. The maximum Gasteiger partial charge on any atom is 0.339 e. The SMILES string of the molecule is CCOC(=O)c1csc2c1CCN[C@@H]2C. The summed E-state index contributed by atoms with van der Waals surface area (Å²) < 4.78 is 5.03. The normalized spacial score (nSPS) is 19.7. The molecule has 0 aliphatic carbocycles. The molecule has 0 fully saturated rings. The van der Waals surface area contributed by atoms with Gasteiger partial charge in [0.25, 0.3) is 0 Å². The Morgan fingerprint density at radius 3 is 3.27 bits per heavy atom. The van der Waals surface area contributed by atoms with Crippen molar-refractivity contribution in [2.75, 3.05) is 13.2 Å². The van der Waals surface area contributed by atoms with Crippen molar-refractivity contribution in [2.45, 2.75) is 26.3 Å². The summed E-state index contributed by atoms with van der Waals surface area (Å²) in [6, 6.07) is 0.363. The molecule has 4 heteroatoms. The molecule has 1 aromatic heterocycles. The second-order valence-electron chi connectivity index (χ2n) is 3.64. The molecule has 3 nitrogen and oxygen atoms in total.